The molecule has 9 heteroatoms. The number of aliphatic hydroxyl groups excluding tert-OH is 3. The van der Waals surface area contributed by atoms with Crippen LogP contribution in [0.4, 0.5) is 0 Å². The van der Waals surface area contributed by atoms with E-state index in [0.29, 0.717) is 45.3 Å². The highest BCUT2D eigenvalue weighted by Gasteiger charge is 2.45. The lowest BCUT2D eigenvalue weighted by atomic mass is 9.90. The summed E-state index contributed by atoms with van der Waals surface area (Å²) in [5, 5.41) is 30.5. The van der Waals surface area contributed by atoms with Gasteiger partial charge in [0.1, 0.15) is 24.4 Å². The lowest BCUT2D eigenvalue weighted by molar-refractivity contribution is -0.218. The number of nitrogens with zero attached hydrogens (tertiary/aromatic N) is 1. The number of hydrogen-bond acceptors (Lipinski definition) is 9. The van der Waals surface area contributed by atoms with E-state index in [2.05, 4.69) is 18.7 Å². The topological polar surface area (TPSA) is 135 Å². The van der Waals surface area contributed by atoms with E-state index < -0.39 is 30.5 Å². The molecule has 1 aliphatic rings. The summed E-state index contributed by atoms with van der Waals surface area (Å²) in [7, 11) is 0. The summed E-state index contributed by atoms with van der Waals surface area (Å²) < 4.78 is 16.7. The molecule has 35 heavy (non-hydrogen) atoms. The van der Waals surface area contributed by atoms with Crippen LogP contribution in [0.2, 0.25) is 0 Å². The van der Waals surface area contributed by atoms with Crippen LogP contribution in [-0.2, 0) is 32.0 Å². The van der Waals surface area contributed by atoms with Crippen molar-refractivity contribution >= 4 is 5.78 Å². The lowest BCUT2D eigenvalue weighted by Gasteiger charge is -2.39. The molecule has 1 aromatic carbocycles. The summed E-state index contributed by atoms with van der Waals surface area (Å²) in [4.78, 5) is 14.1. The number of aliphatic hydroxyl groups is 3. The first-order valence-corrected chi connectivity index (χ1v) is 12.6. The van der Waals surface area contributed by atoms with Gasteiger partial charge in [0.2, 0.25) is 0 Å². The first-order valence-electron chi connectivity index (χ1n) is 12.6. The molecule has 1 aliphatic heterocycles. The van der Waals surface area contributed by atoms with Crippen LogP contribution in [0.5, 0.6) is 0 Å². The molecule has 0 bridgehead atoms. The van der Waals surface area contributed by atoms with Crippen molar-refractivity contribution in [2.24, 2.45) is 11.7 Å². The maximum absolute atomic E-state index is 11.8. The molecule has 0 spiro atoms. The average molecular weight is 497 g/mol. The summed E-state index contributed by atoms with van der Waals surface area (Å²) in [6, 6.07) is 8.03. The molecule has 2 rings (SSSR count). The van der Waals surface area contributed by atoms with Crippen molar-refractivity contribution in [2.75, 3.05) is 46.1 Å². The van der Waals surface area contributed by atoms with Gasteiger partial charge in [-0.05, 0) is 36.9 Å². The Morgan fingerprint density at radius 2 is 1.60 bits per heavy atom. The third-order valence-corrected chi connectivity index (χ3v) is 6.19. The van der Waals surface area contributed by atoms with Crippen LogP contribution in [0.3, 0.4) is 0 Å². The van der Waals surface area contributed by atoms with Crippen molar-refractivity contribution in [1.82, 2.24) is 4.90 Å². The third kappa shape index (κ3) is 10.2. The first kappa shape index (κ1) is 29.8. The van der Waals surface area contributed by atoms with Gasteiger partial charge in [0.05, 0.1) is 32.5 Å². The minimum Gasteiger partial charge on any atom is -0.388 e. The van der Waals surface area contributed by atoms with Crippen LogP contribution in [0.15, 0.2) is 24.3 Å². The minimum absolute atomic E-state index is 0.326. The first-order chi connectivity index (χ1) is 16.7. The molecule has 0 saturated carbocycles. The SMILES string of the molecule is CC(=O)C1OC(Cc2ccc(CN(CCOCCOCCN)CCC(C)C)cc2)C(O)C(O)C1O. The number of Topliss-reactive ketones (excluding diaryl/α,β-unsaturated/α-hetero) is 1. The summed E-state index contributed by atoms with van der Waals surface area (Å²) in [6.45, 7) is 11.1. The van der Waals surface area contributed by atoms with Crippen LogP contribution in [0.1, 0.15) is 38.3 Å². The maximum atomic E-state index is 11.8. The third-order valence-electron chi connectivity index (χ3n) is 6.19. The van der Waals surface area contributed by atoms with E-state index in [1.54, 1.807) is 0 Å². The zero-order valence-corrected chi connectivity index (χ0v) is 21.3. The van der Waals surface area contributed by atoms with Gasteiger partial charge in [-0.25, -0.2) is 0 Å². The van der Waals surface area contributed by atoms with Gasteiger partial charge in [0, 0.05) is 26.1 Å². The van der Waals surface area contributed by atoms with Crippen molar-refractivity contribution in [3.8, 4) is 0 Å². The van der Waals surface area contributed by atoms with Crippen LogP contribution in [0, 0.1) is 5.92 Å². The van der Waals surface area contributed by atoms with E-state index in [1.807, 2.05) is 24.3 Å². The van der Waals surface area contributed by atoms with Crippen LogP contribution in [-0.4, -0.2) is 103 Å². The van der Waals surface area contributed by atoms with Crippen molar-refractivity contribution in [2.45, 2.75) is 70.7 Å². The maximum Gasteiger partial charge on any atom is 0.161 e. The van der Waals surface area contributed by atoms with Gasteiger partial charge >= 0.3 is 0 Å². The second kappa shape index (κ2) is 15.6. The fourth-order valence-electron chi connectivity index (χ4n) is 4.04. The Balaban J connectivity index is 1.90. The molecule has 0 aromatic heterocycles. The van der Waals surface area contributed by atoms with E-state index in [-0.39, 0.29) is 5.78 Å². The zero-order chi connectivity index (χ0) is 25.8. The monoisotopic (exact) mass is 496 g/mol. The van der Waals surface area contributed by atoms with Crippen molar-refractivity contribution in [3.63, 3.8) is 0 Å². The Morgan fingerprint density at radius 1 is 0.971 bits per heavy atom. The van der Waals surface area contributed by atoms with Crippen LogP contribution >= 0.6 is 0 Å². The van der Waals surface area contributed by atoms with Crippen LogP contribution < -0.4 is 5.73 Å². The number of carbonyl (C=O) groups is 1. The van der Waals surface area contributed by atoms with Crippen molar-refractivity contribution in [1.29, 1.82) is 0 Å². The molecule has 1 aromatic rings. The summed E-state index contributed by atoms with van der Waals surface area (Å²) >= 11 is 0. The lowest BCUT2D eigenvalue weighted by Crippen LogP contribution is -2.59. The number of nitrogens with two attached hydrogens (primary N) is 1. The molecule has 1 heterocycles. The predicted octanol–water partition coefficient (Wildman–Crippen LogP) is 0.508. The fraction of sp³-hybridized carbons (Fsp3) is 0.731. The molecule has 0 amide bonds. The number of ketones is 1. The number of rotatable bonds is 16. The van der Waals surface area contributed by atoms with E-state index in [1.165, 1.54) is 6.92 Å². The Morgan fingerprint density at radius 3 is 2.20 bits per heavy atom. The minimum atomic E-state index is -1.43. The quantitative estimate of drug-likeness (QED) is 0.241. The Bertz CT molecular complexity index is 731. The molecule has 0 aliphatic carbocycles. The highest BCUT2D eigenvalue weighted by Crippen LogP contribution is 2.25. The second-order valence-corrected chi connectivity index (χ2v) is 9.67. The standard InChI is InChI=1S/C26H44N2O7/c1-18(2)8-10-28(11-13-34-15-14-33-12-9-27)17-21-6-4-20(5-7-21)16-22-23(30)24(31)25(32)26(35-22)19(3)29/h4-7,18,22-26,30-32H,8-17,27H2,1-3H3. The molecule has 9 nitrogen and oxygen atoms in total. The predicted molar refractivity (Wildman–Crippen MR) is 133 cm³/mol. The summed E-state index contributed by atoms with van der Waals surface area (Å²) in [5.74, 6) is 0.234. The summed E-state index contributed by atoms with van der Waals surface area (Å²) in [5.41, 5.74) is 7.48. The molecule has 1 saturated heterocycles. The number of hydrogen-bond donors (Lipinski definition) is 4. The Hall–Kier alpha value is -1.43. The molecule has 0 radical (unpaired) electrons. The van der Waals surface area contributed by atoms with E-state index in [4.69, 9.17) is 19.9 Å². The molecular formula is C26H44N2O7. The van der Waals surface area contributed by atoms with Crippen molar-refractivity contribution < 1.29 is 34.3 Å². The highest BCUT2D eigenvalue weighted by atomic mass is 16.5. The number of ether oxygens (including phenoxy) is 3. The van der Waals surface area contributed by atoms with E-state index in [9.17, 15) is 20.1 Å². The molecule has 5 N–H and O–H groups in total. The largest absolute Gasteiger partial charge is 0.388 e. The van der Waals surface area contributed by atoms with Gasteiger partial charge in [-0.2, -0.15) is 0 Å². The summed E-state index contributed by atoms with van der Waals surface area (Å²) in [6.07, 6.45) is -4.62. The van der Waals surface area contributed by atoms with E-state index >= 15 is 0 Å². The van der Waals surface area contributed by atoms with Gasteiger partial charge in [0.15, 0.2) is 5.78 Å². The molecule has 5 atom stereocenters. The van der Waals surface area contributed by atoms with Gasteiger partial charge in [-0.15, -0.1) is 0 Å². The number of carbonyl (C=O) groups excluding carboxylic acids is 1. The molecule has 5 unspecified atom stereocenters. The smallest absolute Gasteiger partial charge is 0.161 e. The highest BCUT2D eigenvalue weighted by molar-refractivity contribution is 5.81. The van der Waals surface area contributed by atoms with Gasteiger partial charge in [0.25, 0.3) is 0 Å². The van der Waals surface area contributed by atoms with Crippen LogP contribution in [0.25, 0.3) is 0 Å². The molecular weight excluding hydrogens is 452 g/mol. The molecule has 1 fully saturated rings. The number of benzene rings is 1. The Labute approximate surface area is 209 Å². The van der Waals surface area contributed by atoms with Gasteiger partial charge in [-0.3, -0.25) is 9.69 Å². The average Bonchev–Trinajstić information content (AvgIpc) is 2.82. The van der Waals surface area contributed by atoms with Gasteiger partial charge < -0.3 is 35.3 Å². The second-order valence-electron chi connectivity index (χ2n) is 9.67. The fourth-order valence-corrected chi connectivity index (χ4v) is 4.04. The normalized spacial score (nSPS) is 24.9. The Kier molecular flexibility index (Phi) is 13.3. The van der Waals surface area contributed by atoms with E-state index in [0.717, 1.165) is 37.2 Å². The van der Waals surface area contributed by atoms with Crippen molar-refractivity contribution in [3.05, 3.63) is 35.4 Å². The zero-order valence-electron chi connectivity index (χ0n) is 21.3. The molecule has 200 valence electrons. The van der Waals surface area contributed by atoms with Gasteiger partial charge in [-0.1, -0.05) is 38.1 Å².